The molecule has 6 heterocycles. The van der Waals surface area contributed by atoms with Crippen molar-refractivity contribution in [1.82, 2.24) is 0 Å². The third-order valence-electron chi connectivity index (χ3n) is 20.3. The van der Waals surface area contributed by atoms with Crippen LogP contribution in [-0.4, -0.2) is 43.6 Å². The van der Waals surface area contributed by atoms with Gasteiger partial charge in [0.2, 0.25) is 29.5 Å². The Bertz CT molecular complexity index is 6520. The van der Waals surface area contributed by atoms with E-state index < -0.39 is 47.8 Å². The van der Waals surface area contributed by atoms with E-state index in [9.17, 15) is 34.8 Å². The van der Waals surface area contributed by atoms with Crippen molar-refractivity contribution < 1.29 is 34.6 Å². The summed E-state index contributed by atoms with van der Waals surface area (Å²) in [5, 5.41) is 2.83. The van der Waals surface area contributed by atoms with E-state index in [-0.39, 0.29) is 30.4 Å². The van der Waals surface area contributed by atoms with Gasteiger partial charge in [0.1, 0.15) is 0 Å². The first-order valence-corrected chi connectivity index (χ1v) is 41.8. The molecule has 19 rings (SSSR count). The van der Waals surface area contributed by atoms with Gasteiger partial charge in [-0.05, 0) is 229 Å². The summed E-state index contributed by atoms with van der Waals surface area (Å²) >= 11 is 10.1. The number of sulfone groups is 3. The van der Waals surface area contributed by atoms with Crippen LogP contribution in [0.2, 0.25) is 0 Å². The quantitative estimate of drug-likeness (QED) is 0.114. The van der Waals surface area contributed by atoms with E-state index in [1.807, 2.05) is 255 Å². The average Bonchev–Trinajstić information content (AvgIpc) is 1.71. The Morgan fingerprint density at radius 1 is 0.336 bits per heavy atom. The Labute approximate surface area is 643 Å². The lowest BCUT2D eigenvalue weighted by molar-refractivity contribution is 0.00578. The molecule has 15 aromatic rings. The van der Waals surface area contributed by atoms with Crippen molar-refractivity contribution in [3.05, 3.63) is 321 Å². The first-order valence-electron chi connectivity index (χ1n) is 34.2. The van der Waals surface area contributed by atoms with Gasteiger partial charge in [0.05, 0.1) is 80.1 Å². The third-order valence-corrected chi connectivity index (χ3v) is 29.2. The molecule has 526 valence electrons. The van der Waals surface area contributed by atoms with Crippen LogP contribution in [0, 0.1) is 0 Å². The molecule has 0 spiro atoms. The number of hydrogen-bond donors (Lipinski definition) is 0. The van der Waals surface area contributed by atoms with Crippen molar-refractivity contribution in [1.29, 1.82) is 0 Å². The molecule has 0 unspecified atom stereocenters. The number of halogens is 2. The molecule has 13 nitrogen and oxygen atoms in total. The summed E-state index contributed by atoms with van der Waals surface area (Å²) in [6, 6.07) is 89.8. The van der Waals surface area contributed by atoms with Crippen molar-refractivity contribution in [2.45, 2.75) is 68.3 Å². The molecule has 21 heteroatoms. The molecule has 2 aromatic heterocycles. The van der Waals surface area contributed by atoms with Gasteiger partial charge in [-0.15, -0.1) is 22.7 Å². The van der Waals surface area contributed by atoms with E-state index in [2.05, 4.69) is 37.9 Å². The fourth-order valence-corrected chi connectivity index (χ4v) is 22.6. The Hall–Kier alpha value is -10.2. The summed E-state index contributed by atoms with van der Waals surface area (Å²) in [5.41, 5.74) is 9.96. The number of rotatable bonds is 6. The summed E-state index contributed by atoms with van der Waals surface area (Å²) in [6.07, 6.45) is 0. The number of nitrogens with zero attached hydrogens (tertiary/aromatic N) is 3. The molecule has 4 aliphatic heterocycles. The van der Waals surface area contributed by atoms with E-state index in [0.717, 1.165) is 83.3 Å². The number of fused-ring (bicyclic) bond motifs is 10. The van der Waals surface area contributed by atoms with Crippen LogP contribution in [0.4, 0.5) is 51.2 Å². The standard InChI is InChI=1S/C49H30N2O5S3.C24H24BNO4S.C13H6Br2OS/c52-49-37-29-24-33(31-20-25-34(26-21-31)50-38-11-1-5-16-44(38)58(53,54)45-17-6-2-12-39(45)50)30-43(37)57-42-15-9-10-36(48(42)49)32-22-27-35(28-23-32)51-40-13-3-7-18-46(40)59(55,56)47-19-8-4-14-41(47)51;1-23(2)24(3,4)30-25(29-23)17-13-15-18(16-14-17)26-19-9-5-7-11-21(19)31(27,28)22-12-8-6-10-20(22)26;14-7-4-5-8-11(6-7)17-10-3-1-2-9(15)12(10)13(8)16/h1-30H;5-16H,1-4H3;1-6H. The summed E-state index contributed by atoms with van der Waals surface area (Å²) < 4.78 is 98.3. The largest absolute Gasteiger partial charge is 0.494 e. The minimum atomic E-state index is -3.68. The Morgan fingerprint density at radius 2 is 0.673 bits per heavy atom. The van der Waals surface area contributed by atoms with Gasteiger partial charge in [-0.3, -0.25) is 9.59 Å². The zero-order valence-corrected chi connectivity index (χ0v) is 64.8. The zero-order valence-electron chi connectivity index (χ0n) is 57.5. The van der Waals surface area contributed by atoms with E-state index in [1.54, 1.807) is 95.5 Å². The molecular formula is C86H60BBr2N3O10S5. The van der Waals surface area contributed by atoms with Gasteiger partial charge in [-0.2, -0.15) is 0 Å². The molecule has 107 heavy (non-hydrogen) atoms. The van der Waals surface area contributed by atoms with Crippen LogP contribution in [-0.2, 0) is 38.8 Å². The van der Waals surface area contributed by atoms with Crippen LogP contribution >= 0.6 is 54.5 Å². The molecule has 0 saturated carbocycles. The molecule has 0 bridgehead atoms. The first-order chi connectivity index (χ1) is 51.5. The van der Waals surface area contributed by atoms with Crippen molar-refractivity contribution in [3.63, 3.8) is 0 Å². The number of hydrogen-bond acceptors (Lipinski definition) is 15. The maximum atomic E-state index is 14.3. The maximum absolute atomic E-state index is 14.3. The molecule has 1 fully saturated rings. The van der Waals surface area contributed by atoms with Gasteiger partial charge in [-0.25, -0.2) is 25.3 Å². The highest BCUT2D eigenvalue weighted by atomic mass is 79.9. The molecule has 0 N–H and O–H groups in total. The van der Waals surface area contributed by atoms with Crippen LogP contribution in [0.5, 0.6) is 0 Å². The Kier molecular flexibility index (Phi) is 17.4. The third kappa shape index (κ3) is 11.9. The van der Waals surface area contributed by atoms with Crippen molar-refractivity contribution in [2.75, 3.05) is 14.7 Å². The lowest BCUT2D eigenvalue weighted by Crippen LogP contribution is -2.41. The van der Waals surface area contributed by atoms with Gasteiger partial charge in [0.15, 0.2) is 10.9 Å². The zero-order chi connectivity index (χ0) is 74.1. The fraction of sp³-hybridized carbons (Fsp3) is 0.0698. The molecule has 0 aliphatic carbocycles. The predicted octanol–water partition coefficient (Wildman–Crippen LogP) is 21.5. The van der Waals surface area contributed by atoms with Crippen molar-refractivity contribution in [3.8, 4) is 22.3 Å². The monoisotopic (exact) mass is 1620 g/mol. The van der Waals surface area contributed by atoms with E-state index in [4.69, 9.17) is 9.31 Å². The summed E-state index contributed by atoms with van der Waals surface area (Å²) in [4.78, 5) is 34.3. The normalized spacial score (nSPS) is 15.7. The van der Waals surface area contributed by atoms with E-state index in [1.165, 1.54) is 0 Å². The molecule has 0 radical (unpaired) electrons. The summed E-state index contributed by atoms with van der Waals surface area (Å²) in [6.45, 7) is 8.12. The molecule has 0 atom stereocenters. The smallest absolute Gasteiger partial charge is 0.399 e. The van der Waals surface area contributed by atoms with Crippen LogP contribution in [0.3, 0.4) is 0 Å². The van der Waals surface area contributed by atoms with Crippen LogP contribution in [0.15, 0.2) is 339 Å². The second-order valence-corrected chi connectivity index (χ2v) is 36.7. The van der Waals surface area contributed by atoms with Gasteiger partial charge in [0, 0.05) is 61.0 Å². The number of benzene rings is 13. The summed E-state index contributed by atoms with van der Waals surface area (Å²) in [7, 11) is -11.4. The summed E-state index contributed by atoms with van der Waals surface area (Å²) in [5.74, 6) is 0. The topological polar surface area (TPSA) is 165 Å². The van der Waals surface area contributed by atoms with Crippen LogP contribution < -0.4 is 31.0 Å². The van der Waals surface area contributed by atoms with Gasteiger partial charge < -0.3 is 24.0 Å². The minimum absolute atomic E-state index is 0.0446. The van der Waals surface area contributed by atoms with E-state index in [0.29, 0.717) is 54.7 Å². The van der Waals surface area contributed by atoms with Crippen molar-refractivity contribution in [2.24, 2.45) is 0 Å². The average molecular weight is 1630 g/mol. The lowest BCUT2D eigenvalue weighted by Gasteiger charge is -2.33. The van der Waals surface area contributed by atoms with Crippen molar-refractivity contribution >= 4 is 188 Å². The molecule has 1 saturated heterocycles. The number of para-hydroxylation sites is 6. The minimum Gasteiger partial charge on any atom is -0.399 e. The lowest BCUT2D eigenvalue weighted by atomic mass is 9.79. The van der Waals surface area contributed by atoms with Gasteiger partial charge in [-0.1, -0.05) is 149 Å². The molecule has 13 aromatic carbocycles. The number of anilines is 9. The Morgan fingerprint density at radius 3 is 1.09 bits per heavy atom. The highest BCUT2D eigenvalue weighted by molar-refractivity contribution is 9.11. The fourth-order valence-electron chi connectivity index (χ4n) is 14.3. The SMILES string of the molecule is CC1(C)OB(c2ccc(N3c4ccccc4S(=O)(=O)c4ccccc43)cc2)OC1(C)C.O=c1c2ccc(-c3ccc(N4c5ccccc5S(=O)(=O)c5ccccc54)cc3)cc2sc2cccc(-c3ccc(N4c5ccccc5S(=O)(=O)c5ccccc54)cc3)c12.O=c1c2ccc(Br)cc2sc2cccc(Br)c12. The molecule has 4 aliphatic rings. The van der Waals surface area contributed by atoms with Gasteiger partial charge >= 0.3 is 7.12 Å². The maximum Gasteiger partial charge on any atom is 0.494 e. The first kappa shape index (κ1) is 69.9. The Balaban J connectivity index is 0.000000144. The second kappa shape index (κ2) is 26.7. The van der Waals surface area contributed by atoms with Gasteiger partial charge in [0.25, 0.3) is 0 Å². The van der Waals surface area contributed by atoms with E-state index >= 15 is 0 Å². The predicted molar refractivity (Wildman–Crippen MR) is 440 cm³/mol. The van der Waals surface area contributed by atoms with Crippen LogP contribution in [0.1, 0.15) is 27.7 Å². The molecule has 0 amide bonds. The molecular weight excluding hydrogens is 1570 g/mol. The second-order valence-electron chi connectivity index (χ2n) is 27.1. The highest BCUT2D eigenvalue weighted by Gasteiger charge is 2.52. The highest BCUT2D eigenvalue weighted by Crippen LogP contribution is 2.52. The van der Waals surface area contributed by atoms with Crippen LogP contribution in [0.25, 0.3) is 62.6 Å².